The number of hydrogen-bond acceptors (Lipinski definition) is 7. The number of rotatable bonds is 4. The normalized spacial score (nSPS) is 10.5. The average molecular weight is 299 g/mol. The third-order valence-corrected chi connectivity index (χ3v) is 2.32. The third kappa shape index (κ3) is 3.38. The molecule has 0 fully saturated rings. The summed E-state index contributed by atoms with van der Waals surface area (Å²) in [6.45, 7) is 2.36. The van der Waals surface area contributed by atoms with Crippen LogP contribution < -0.4 is 11.1 Å². The zero-order valence-corrected chi connectivity index (χ0v) is 10.7. The van der Waals surface area contributed by atoms with Gasteiger partial charge in [-0.15, -0.1) is 0 Å². The van der Waals surface area contributed by atoms with Crippen LogP contribution in [0.5, 0.6) is 0 Å². The number of hydrogen-bond donors (Lipinski definition) is 2. The minimum absolute atomic E-state index is 0.407. The highest BCUT2D eigenvalue weighted by molar-refractivity contribution is 9.10. The van der Waals surface area contributed by atoms with E-state index in [1.165, 1.54) is 0 Å². The minimum atomic E-state index is 0.407. The van der Waals surface area contributed by atoms with Crippen molar-refractivity contribution in [2.75, 3.05) is 17.6 Å². The van der Waals surface area contributed by atoms with Crippen molar-refractivity contribution in [3.05, 3.63) is 22.4 Å². The Bertz CT molecular complexity index is 494. The van der Waals surface area contributed by atoms with Gasteiger partial charge in [0.25, 0.3) is 0 Å². The topological polar surface area (TPSA) is 103 Å². The molecule has 7 nitrogen and oxygen atoms in total. The highest BCUT2D eigenvalue weighted by Gasteiger charge is 2.03. The zero-order chi connectivity index (χ0) is 12.3. The predicted molar refractivity (Wildman–Crippen MR) is 65.4 cm³/mol. The first kappa shape index (κ1) is 11.8. The Morgan fingerprint density at radius 2 is 2.24 bits per heavy atom. The maximum atomic E-state index is 5.58. The van der Waals surface area contributed by atoms with Crippen LogP contribution in [0.3, 0.4) is 0 Å². The Labute approximate surface area is 106 Å². The molecule has 0 saturated heterocycles. The smallest absolute Gasteiger partial charge is 0.225 e. The molecule has 0 spiro atoms. The van der Waals surface area contributed by atoms with Gasteiger partial charge in [0.15, 0.2) is 5.82 Å². The maximum absolute atomic E-state index is 5.58. The summed E-state index contributed by atoms with van der Waals surface area (Å²) in [5, 5.41) is 6.81. The molecule has 2 aromatic rings. The summed E-state index contributed by atoms with van der Waals surface area (Å²) in [4.78, 5) is 12.2. The highest BCUT2D eigenvalue weighted by Crippen LogP contribution is 2.12. The number of nitrogen functional groups attached to an aromatic ring is 1. The Morgan fingerprint density at radius 3 is 2.88 bits per heavy atom. The van der Waals surface area contributed by atoms with Gasteiger partial charge in [-0.3, -0.25) is 0 Å². The van der Waals surface area contributed by atoms with Gasteiger partial charge in [0.1, 0.15) is 10.4 Å². The van der Waals surface area contributed by atoms with E-state index in [2.05, 4.69) is 41.4 Å². The Kier molecular flexibility index (Phi) is 3.52. The summed E-state index contributed by atoms with van der Waals surface area (Å²) < 4.78 is 5.50. The number of nitrogens with one attached hydrogen (secondary N) is 1. The molecular formula is C9H11BrN6O. The lowest BCUT2D eigenvalue weighted by Gasteiger charge is -2.03. The van der Waals surface area contributed by atoms with Crippen LogP contribution in [0, 0.1) is 6.92 Å². The van der Waals surface area contributed by atoms with Crippen LogP contribution in [0.2, 0.25) is 0 Å². The molecule has 0 amide bonds. The summed E-state index contributed by atoms with van der Waals surface area (Å²) in [5.41, 5.74) is 5.58. The van der Waals surface area contributed by atoms with E-state index in [0.717, 1.165) is 0 Å². The highest BCUT2D eigenvalue weighted by atomic mass is 79.9. The molecular weight excluding hydrogens is 288 g/mol. The fourth-order valence-electron chi connectivity index (χ4n) is 1.24. The number of nitrogens with zero attached hydrogens (tertiary/aromatic N) is 4. The molecule has 0 aliphatic rings. The molecule has 2 rings (SSSR count). The number of anilines is 2. The molecule has 2 heterocycles. The molecule has 0 radical (unpaired) electrons. The summed E-state index contributed by atoms with van der Waals surface area (Å²) in [6.07, 6.45) is 0.632. The van der Waals surface area contributed by atoms with Gasteiger partial charge < -0.3 is 15.6 Å². The average Bonchev–Trinajstić information content (AvgIpc) is 2.63. The molecule has 17 heavy (non-hydrogen) atoms. The summed E-state index contributed by atoms with van der Waals surface area (Å²) >= 11 is 3.24. The molecule has 0 saturated carbocycles. The van der Waals surface area contributed by atoms with E-state index < -0.39 is 0 Å². The van der Waals surface area contributed by atoms with Crippen molar-refractivity contribution in [3.63, 3.8) is 0 Å². The van der Waals surface area contributed by atoms with E-state index in [1.54, 1.807) is 13.0 Å². The summed E-state index contributed by atoms with van der Waals surface area (Å²) in [7, 11) is 0. The molecule has 0 bridgehead atoms. The molecule has 2 aromatic heterocycles. The fraction of sp³-hybridized carbons (Fsp3) is 0.333. The van der Waals surface area contributed by atoms with Crippen LogP contribution in [-0.4, -0.2) is 26.7 Å². The van der Waals surface area contributed by atoms with Crippen molar-refractivity contribution in [1.82, 2.24) is 20.1 Å². The van der Waals surface area contributed by atoms with Gasteiger partial charge in [-0.05, 0) is 15.9 Å². The van der Waals surface area contributed by atoms with E-state index in [0.29, 0.717) is 41.1 Å². The first-order valence-corrected chi connectivity index (χ1v) is 5.76. The quantitative estimate of drug-likeness (QED) is 0.817. The summed E-state index contributed by atoms with van der Waals surface area (Å²) in [5.74, 6) is 2.09. The lowest BCUT2D eigenvalue weighted by Crippen LogP contribution is -2.09. The molecule has 0 aliphatic heterocycles. The second kappa shape index (κ2) is 5.09. The maximum Gasteiger partial charge on any atom is 0.225 e. The SMILES string of the molecule is Cc1nc(CCNc2nc(N)cc(Br)n2)no1. The van der Waals surface area contributed by atoms with Crippen molar-refractivity contribution < 1.29 is 4.52 Å². The monoisotopic (exact) mass is 298 g/mol. The lowest BCUT2D eigenvalue weighted by atomic mass is 10.4. The minimum Gasteiger partial charge on any atom is -0.383 e. The molecule has 90 valence electrons. The second-order valence-electron chi connectivity index (χ2n) is 3.35. The van der Waals surface area contributed by atoms with Gasteiger partial charge in [0.2, 0.25) is 11.8 Å². The molecule has 3 N–H and O–H groups in total. The Balaban J connectivity index is 1.89. The second-order valence-corrected chi connectivity index (χ2v) is 4.16. The molecule has 0 aliphatic carbocycles. The molecule has 0 aromatic carbocycles. The van der Waals surface area contributed by atoms with Crippen molar-refractivity contribution >= 4 is 27.7 Å². The van der Waals surface area contributed by atoms with Crippen LogP contribution in [-0.2, 0) is 6.42 Å². The van der Waals surface area contributed by atoms with Crippen molar-refractivity contribution in [3.8, 4) is 0 Å². The Hall–Kier alpha value is -1.70. The largest absolute Gasteiger partial charge is 0.383 e. The van der Waals surface area contributed by atoms with Crippen LogP contribution in [0.4, 0.5) is 11.8 Å². The standard InChI is InChI=1S/C9H11BrN6O/c1-5-13-8(16-17-5)2-3-12-9-14-6(10)4-7(11)15-9/h4H,2-3H2,1H3,(H3,11,12,14,15). The van der Waals surface area contributed by atoms with Gasteiger partial charge in [-0.1, -0.05) is 5.16 Å². The first-order chi connectivity index (χ1) is 8.13. The zero-order valence-electron chi connectivity index (χ0n) is 9.14. The van der Waals surface area contributed by atoms with Gasteiger partial charge in [-0.25, -0.2) is 4.98 Å². The number of nitrogens with two attached hydrogens (primary N) is 1. The van der Waals surface area contributed by atoms with Crippen LogP contribution >= 0.6 is 15.9 Å². The number of aryl methyl sites for hydroxylation is 1. The fourth-order valence-corrected chi connectivity index (χ4v) is 1.65. The number of aromatic nitrogens is 4. The lowest BCUT2D eigenvalue weighted by molar-refractivity contribution is 0.387. The van der Waals surface area contributed by atoms with E-state index in [9.17, 15) is 0 Å². The van der Waals surface area contributed by atoms with Crippen LogP contribution in [0.15, 0.2) is 15.2 Å². The van der Waals surface area contributed by atoms with Gasteiger partial charge in [0.05, 0.1) is 0 Å². The third-order valence-electron chi connectivity index (χ3n) is 1.92. The Morgan fingerprint density at radius 1 is 1.41 bits per heavy atom. The summed E-state index contributed by atoms with van der Waals surface area (Å²) in [6, 6.07) is 1.63. The van der Waals surface area contributed by atoms with Crippen molar-refractivity contribution in [2.45, 2.75) is 13.3 Å². The van der Waals surface area contributed by atoms with Gasteiger partial charge in [-0.2, -0.15) is 9.97 Å². The molecule has 0 unspecified atom stereocenters. The van der Waals surface area contributed by atoms with Crippen LogP contribution in [0.25, 0.3) is 0 Å². The van der Waals surface area contributed by atoms with E-state index >= 15 is 0 Å². The predicted octanol–water partition coefficient (Wildman–Crippen LogP) is 1.17. The molecule has 0 atom stereocenters. The van der Waals surface area contributed by atoms with E-state index in [-0.39, 0.29) is 0 Å². The van der Waals surface area contributed by atoms with Crippen molar-refractivity contribution in [2.24, 2.45) is 0 Å². The molecule has 8 heteroatoms. The number of halogens is 1. The first-order valence-electron chi connectivity index (χ1n) is 4.96. The van der Waals surface area contributed by atoms with Gasteiger partial charge in [0, 0.05) is 26.0 Å². The van der Waals surface area contributed by atoms with Crippen molar-refractivity contribution in [1.29, 1.82) is 0 Å². The van der Waals surface area contributed by atoms with Gasteiger partial charge >= 0.3 is 0 Å². The van der Waals surface area contributed by atoms with E-state index in [1.807, 2.05) is 0 Å². The van der Waals surface area contributed by atoms with E-state index in [4.69, 9.17) is 10.3 Å². The van der Waals surface area contributed by atoms with Crippen LogP contribution in [0.1, 0.15) is 11.7 Å².